The van der Waals surface area contributed by atoms with Gasteiger partial charge in [-0.1, -0.05) is 37.8 Å². The summed E-state index contributed by atoms with van der Waals surface area (Å²) < 4.78 is 12.5. The Kier molecular flexibility index (Phi) is 5.37. The van der Waals surface area contributed by atoms with E-state index in [0.29, 0.717) is 35.8 Å². The summed E-state index contributed by atoms with van der Waals surface area (Å²) in [6, 6.07) is 15.3. The summed E-state index contributed by atoms with van der Waals surface area (Å²) in [5.41, 5.74) is 5.42. The van der Waals surface area contributed by atoms with Crippen LogP contribution >= 0.6 is 0 Å². The molecule has 1 fully saturated rings. The molecule has 0 N–H and O–H groups in total. The Balaban J connectivity index is 1.71. The normalized spacial score (nSPS) is 22.6. The molecule has 30 heavy (non-hydrogen) atoms. The average molecular weight is 398 g/mol. The van der Waals surface area contributed by atoms with Crippen molar-refractivity contribution in [1.29, 1.82) is 5.26 Å². The summed E-state index contributed by atoms with van der Waals surface area (Å²) in [5.74, 6) is 0.790. The topological polar surface area (TPSA) is 44.1 Å². The maximum absolute atomic E-state index is 13.3. The van der Waals surface area contributed by atoms with Gasteiger partial charge in [-0.2, -0.15) is 5.26 Å². The van der Waals surface area contributed by atoms with Crippen LogP contribution in [0.1, 0.15) is 57.9 Å². The van der Waals surface area contributed by atoms with Crippen molar-refractivity contribution >= 4 is 11.5 Å². The number of benzene rings is 2. The molecular formula is C26H23FN2O. The summed E-state index contributed by atoms with van der Waals surface area (Å²) in [6.07, 6.45) is 6.18. The Morgan fingerprint density at radius 1 is 1.20 bits per heavy atom. The molecule has 1 aliphatic heterocycles. The van der Waals surface area contributed by atoms with Gasteiger partial charge in [-0.15, -0.1) is 0 Å². The van der Waals surface area contributed by atoms with Gasteiger partial charge in [-0.3, -0.25) is 4.79 Å². The molecule has 1 heterocycles. The van der Waals surface area contributed by atoms with Crippen LogP contribution in [0.5, 0.6) is 0 Å². The van der Waals surface area contributed by atoms with Crippen molar-refractivity contribution in [1.82, 2.24) is 4.90 Å². The molecule has 2 aliphatic rings. The zero-order valence-corrected chi connectivity index (χ0v) is 16.9. The van der Waals surface area contributed by atoms with E-state index in [9.17, 15) is 9.18 Å². The molecule has 3 atom stereocenters. The van der Waals surface area contributed by atoms with Gasteiger partial charge in [-0.25, -0.2) is 4.39 Å². The molecule has 4 rings (SSSR count). The first-order valence-electron chi connectivity index (χ1n) is 10.1. The van der Waals surface area contributed by atoms with Gasteiger partial charge in [0.25, 0.3) is 5.91 Å². The van der Waals surface area contributed by atoms with Crippen molar-refractivity contribution in [3.8, 4) is 6.07 Å². The molecule has 0 spiro atoms. The number of hydrogen-bond donors (Lipinski definition) is 0. The first kappa shape index (κ1) is 19.8. The smallest absolute Gasteiger partial charge is 0.254 e. The number of nitriles is 1. The molecule has 0 aromatic heterocycles. The second-order valence-electron chi connectivity index (χ2n) is 7.97. The van der Waals surface area contributed by atoms with Gasteiger partial charge in [-0.05, 0) is 76.9 Å². The second kappa shape index (κ2) is 8.12. The predicted molar refractivity (Wildman–Crippen MR) is 116 cm³/mol. The van der Waals surface area contributed by atoms with E-state index in [4.69, 9.17) is 5.26 Å². The molecule has 1 aliphatic carbocycles. The number of likely N-dealkylation sites (tertiary alicyclic amines) is 1. The lowest BCUT2D eigenvalue weighted by atomic mass is 9.85. The van der Waals surface area contributed by atoms with Crippen LogP contribution in [0.2, 0.25) is 0 Å². The summed E-state index contributed by atoms with van der Waals surface area (Å²) in [4.78, 5) is 15.3. The molecule has 2 aromatic carbocycles. The Bertz CT molecular complexity index is 1090. The average Bonchev–Trinajstić information content (AvgIpc) is 3.11. The molecular weight excluding hydrogens is 375 g/mol. The standard InChI is InChI=1S/C26H23FN2O/c1-3-19(5-4-12-27)21-10-11-22-23-14-25(24(22)13-21)29(16-17(23)2)26(30)20-8-6-18(15-28)7-9-20/h3-13,17,23,25H,1,14,16H2,2H3/b12-4+,19-5+/t17-,23?,25+/m1/s1. The third-order valence-corrected chi connectivity index (χ3v) is 6.29. The SMILES string of the molecule is C=C/C(=C\C=C\F)c1ccc2c(c1)[C@@H]1CC2[C@H](C)CN1C(=O)c1ccc(C#N)cc1. The Morgan fingerprint density at radius 2 is 1.93 bits per heavy atom. The van der Waals surface area contributed by atoms with Gasteiger partial charge in [0.15, 0.2) is 0 Å². The van der Waals surface area contributed by atoms with Crippen LogP contribution in [-0.4, -0.2) is 17.4 Å². The number of fused-ring (bicyclic) bond motifs is 5. The number of allylic oxidation sites excluding steroid dienone is 4. The highest BCUT2D eigenvalue weighted by molar-refractivity contribution is 5.95. The van der Waals surface area contributed by atoms with E-state index in [0.717, 1.165) is 17.6 Å². The molecule has 4 heteroatoms. The van der Waals surface area contributed by atoms with Gasteiger partial charge in [0.2, 0.25) is 0 Å². The monoisotopic (exact) mass is 398 g/mol. The number of halogens is 1. The van der Waals surface area contributed by atoms with Crippen LogP contribution in [0.25, 0.3) is 5.57 Å². The van der Waals surface area contributed by atoms with Crippen molar-refractivity contribution in [2.45, 2.75) is 25.3 Å². The van der Waals surface area contributed by atoms with Crippen molar-refractivity contribution in [2.75, 3.05) is 6.54 Å². The molecule has 0 saturated carbocycles. The fourth-order valence-corrected chi connectivity index (χ4v) is 4.77. The first-order valence-corrected chi connectivity index (χ1v) is 10.1. The van der Waals surface area contributed by atoms with E-state index in [-0.39, 0.29) is 11.9 Å². The minimum absolute atomic E-state index is 0.00658. The fraction of sp³-hybridized carbons (Fsp3) is 0.231. The van der Waals surface area contributed by atoms with Gasteiger partial charge < -0.3 is 4.90 Å². The number of hydrogen-bond acceptors (Lipinski definition) is 2. The van der Waals surface area contributed by atoms with E-state index in [1.807, 2.05) is 4.90 Å². The van der Waals surface area contributed by atoms with Crippen LogP contribution in [-0.2, 0) is 0 Å². The Hall–Kier alpha value is -3.45. The van der Waals surface area contributed by atoms with E-state index in [2.05, 4.69) is 37.8 Å². The van der Waals surface area contributed by atoms with Crippen LogP contribution in [0, 0.1) is 17.2 Å². The lowest BCUT2D eigenvalue weighted by Crippen LogP contribution is -2.41. The number of rotatable bonds is 4. The Morgan fingerprint density at radius 3 is 2.60 bits per heavy atom. The van der Waals surface area contributed by atoms with Gasteiger partial charge in [0.05, 0.1) is 24.0 Å². The fourth-order valence-electron chi connectivity index (χ4n) is 4.77. The number of carbonyl (C=O) groups is 1. The molecule has 150 valence electrons. The highest BCUT2D eigenvalue weighted by atomic mass is 19.1. The van der Waals surface area contributed by atoms with Crippen molar-refractivity contribution in [2.24, 2.45) is 5.92 Å². The molecule has 2 bridgehead atoms. The van der Waals surface area contributed by atoms with Gasteiger partial charge in [0.1, 0.15) is 0 Å². The number of nitrogens with zero attached hydrogens (tertiary/aromatic N) is 2. The van der Waals surface area contributed by atoms with E-state index < -0.39 is 0 Å². The highest BCUT2D eigenvalue weighted by Crippen LogP contribution is 2.52. The Labute approximate surface area is 176 Å². The summed E-state index contributed by atoms with van der Waals surface area (Å²) in [6.45, 7) is 6.75. The van der Waals surface area contributed by atoms with Crippen molar-refractivity contribution in [3.63, 3.8) is 0 Å². The summed E-state index contributed by atoms with van der Waals surface area (Å²) in [5, 5.41) is 9.01. The molecule has 0 radical (unpaired) electrons. The zero-order chi connectivity index (χ0) is 21.3. The van der Waals surface area contributed by atoms with Gasteiger partial charge >= 0.3 is 0 Å². The van der Waals surface area contributed by atoms with E-state index in [1.54, 1.807) is 36.4 Å². The second-order valence-corrected chi connectivity index (χ2v) is 7.97. The van der Waals surface area contributed by atoms with E-state index >= 15 is 0 Å². The summed E-state index contributed by atoms with van der Waals surface area (Å²) >= 11 is 0. The third-order valence-electron chi connectivity index (χ3n) is 6.29. The minimum atomic E-state index is -0.00658. The molecule has 1 saturated heterocycles. The first-order chi connectivity index (χ1) is 14.6. The number of carbonyl (C=O) groups excluding carboxylic acids is 1. The zero-order valence-electron chi connectivity index (χ0n) is 16.9. The minimum Gasteiger partial charge on any atom is -0.331 e. The van der Waals surface area contributed by atoms with Crippen molar-refractivity contribution in [3.05, 3.63) is 101 Å². The molecule has 2 aromatic rings. The van der Waals surface area contributed by atoms with Crippen LogP contribution < -0.4 is 0 Å². The van der Waals surface area contributed by atoms with Crippen LogP contribution in [0.4, 0.5) is 4.39 Å². The maximum Gasteiger partial charge on any atom is 0.254 e. The largest absolute Gasteiger partial charge is 0.331 e. The lowest BCUT2D eigenvalue weighted by Gasteiger charge is -2.37. The molecule has 1 amide bonds. The third kappa shape index (κ3) is 3.37. The van der Waals surface area contributed by atoms with Crippen LogP contribution in [0.15, 0.2) is 73.6 Å². The van der Waals surface area contributed by atoms with Crippen molar-refractivity contribution < 1.29 is 9.18 Å². The van der Waals surface area contributed by atoms with Crippen LogP contribution in [0.3, 0.4) is 0 Å². The summed E-state index contributed by atoms with van der Waals surface area (Å²) in [7, 11) is 0. The van der Waals surface area contributed by atoms with Gasteiger partial charge in [0, 0.05) is 12.1 Å². The predicted octanol–water partition coefficient (Wildman–Crippen LogP) is 5.93. The maximum atomic E-state index is 13.3. The quantitative estimate of drug-likeness (QED) is 0.599. The molecule has 3 nitrogen and oxygen atoms in total. The highest BCUT2D eigenvalue weighted by Gasteiger charge is 2.44. The number of amides is 1. The number of piperidine rings is 1. The van der Waals surface area contributed by atoms with E-state index in [1.165, 1.54) is 17.2 Å². The lowest BCUT2D eigenvalue weighted by molar-refractivity contribution is 0.0551. The molecule has 1 unspecified atom stereocenters.